The molecule has 0 fully saturated rings. The van der Waals surface area contributed by atoms with Crippen molar-refractivity contribution in [3.8, 4) is 0 Å². The third kappa shape index (κ3) is 8.32. The van der Waals surface area contributed by atoms with E-state index in [0.717, 1.165) is 0 Å². The fourth-order valence-corrected chi connectivity index (χ4v) is 1.42. The van der Waals surface area contributed by atoms with Crippen LogP contribution in [0.25, 0.3) is 0 Å². The summed E-state index contributed by atoms with van der Waals surface area (Å²) in [5.74, 6) is -1.19. The summed E-state index contributed by atoms with van der Waals surface area (Å²) in [7, 11) is 0. The van der Waals surface area contributed by atoms with Crippen molar-refractivity contribution in [3.05, 3.63) is 12.7 Å². The Hall–Kier alpha value is -1.85. The minimum atomic E-state index is -0.953. The number of carboxylic acids is 1. The van der Waals surface area contributed by atoms with Crippen LogP contribution in [0.3, 0.4) is 0 Å². The van der Waals surface area contributed by atoms with Gasteiger partial charge in [0.1, 0.15) is 6.61 Å². The van der Waals surface area contributed by atoms with Crippen LogP contribution in [0.2, 0.25) is 0 Å². The second-order valence-electron chi connectivity index (χ2n) is 4.69. The Balaban J connectivity index is 4.00. The van der Waals surface area contributed by atoms with E-state index in [1.54, 1.807) is 13.8 Å². The molecule has 1 amide bonds. The summed E-state index contributed by atoms with van der Waals surface area (Å²) in [6.45, 7) is 6.66. The summed E-state index contributed by atoms with van der Waals surface area (Å²) in [6.07, 6.45) is 0.706. The highest BCUT2D eigenvalue weighted by molar-refractivity contribution is 5.84. The molecule has 0 bridgehead atoms. The van der Waals surface area contributed by atoms with E-state index in [9.17, 15) is 14.4 Å². The van der Waals surface area contributed by atoms with E-state index in [4.69, 9.17) is 5.11 Å². The highest BCUT2D eigenvalue weighted by Gasteiger charge is 2.25. The molecule has 2 N–H and O–H groups in total. The van der Waals surface area contributed by atoms with Gasteiger partial charge in [-0.25, -0.2) is 4.79 Å². The quantitative estimate of drug-likeness (QED) is 0.640. The molecule has 0 heterocycles. The van der Waals surface area contributed by atoms with Gasteiger partial charge in [0.2, 0.25) is 0 Å². The number of carboxylic acid groups (broad SMARTS) is 1. The summed E-state index contributed by atoms with van der Waals surface area (Å²) in [5, 5.41) is 11.0. The maximum Gasteiger partial charge on any atom is 0.407 e. The minimum absolute atomic E-state index is 0.0739. The lowest BCUT2D eigenvalue weighted by Crippen LogP contribution is -2.32. The fraction of sp³-hybridized carbons (Fsp3) is 0.583. The van der Waals surface area contributed by atoms with Crippen molar-refractivity contribution in [2.24, 2.45) is 5.41 Å². The molecule has 102 valence electrons. The third-order valence-electron chi connectivity index (χ3n) is 2.07. The molecule has 0 aromatic heterocycles. The number of carbonyl (C=O) groups is 3. The summed E-state index contributed by atoms with van der Waals surface area (Å²) >= 11 is 0. The van der Waals surface area contributed by atoms with Crippen molar-refractivity contribution < 1.29 is 24.2 Å². The number of alkyl carbamates (subject to hydrolysis) is 1. The van der Waals surface area contributed by atoms with Gasteiger partial charge in [0, 0.05) is 6.42 Å². The summed E-state index contributed by atoms with van der Waals surface area (Å²) in [4.78, 5) is 33.1. The molecule has 0 aliphatic rings. The minimum Gasteiger partial charge on any atom is -0.481 e. The molecule has 0 unspecified atom stereocenters. The van der Waals surface area contributed by atoms with Crippen molar-refractivity contribution >= 4 is 17.8 Å². The number of nitrogens with one attached hydrogen (secondary N) is 1. The van der Waals surface area contributed by atoms with Gasteiger partial charge >= 0.3 is 12.1 Å². The van der Waals surface area contributed by atoms with E-state index in [1.807, 2.05) is 0 Å². The number of hydrogen-bond donors (Lipinski definition) is 2. The van der Waals surface area contributed by atoms with Crippen LogP contribution >= 0.6 is 0 Å². The lowest BCUT2D eigenvalue weighted by Gasteiger charge is -2.21. The van der Waals surface area contributed by atoms with Crippen LogP contribution in [0.5, 0.6) is 0 Å². The molecule has 0 spiro atoms. The topological polar surface area (TPSA) is 92.7 Å². The Kier molecular flexibility index (Phi) is 6.70. The number of hydrogen-bond acceptors (Lipinski definition) is 4. The van der Waals surface area contributed by atoms with E-state index in [-0.39, 0.29) is 31.8 Å². The van der Waals surface area contributed by atoms with Crippen molar-refractivity contribution in [2.45, 2.75) is 26.7 Å². The first-order valence-electron chi connectivity index (χ1n) is 5.52. The maximum atomic E-state index is 11.5. The van der Waals surface area contributed by atoms with Crippen LogP contribution in [0.15, 0.2) is 12.7 Å². The first-order chi connectivity index (χ1) is 8.26. The normalized spacial score (nSPS) is 10.6. The van der Waals surface area contributed by atoms with Crippen molar-refractivity contribution in [3.63, 3.8) is 0 Å². The zero-order valence-corrected chi connectivity index (χ0v) is 10.7. The molecule has 6 heteroatoms. The van der Waals surface area contributed by atoms with Crippen LogP contribution < -0.4 is 5.32 Å². The maximum absolute atomic E-state index is 11.5. The Morgan fingerprint density at radius 2 is 1.94 bits per heavy atom. The lowest BCUT2D eigenvalue weighted by atomic mass is 9.84. The van der Waals surface area contributed by atoms with Gasteiger partial charge in [0.25, 0.3) is 0 Å². The monoisotopic (exact) mass is 257 g/mol. The van der Waals surface area contributed by atoms with Gasteiger partial charge in [-0.1, -0.05) is 26.5 Å². The average molecular weight is 257 g/mol. The van der Waals surface area contributed by atoms with Gasteiger partial charge in [0.15, 0.2) is 5.78 Å². The second kappa shape index (κ2) is 7.47. The smallest absolute Gasteiger partial charge is 0.407 e. The van der Waals surface area contributed by atoms with Crippen LogP contribution in [-0.4, -0.2) is 36.1 Å². The molecule has 18 heavy (non-hydrogen) atoms. The van der Waals surface area contributed by atoms with Crippen molar-refractivity contribution in [1.82, 2.24) is 5.32 Å². The predicted octanol–water partition coefficient (Wildman–Crippen LogP) is 1.36. The highest BCUT2D eigenvalue weighted by atomic mass is 16.5. The van der Waals surface area contributed by atoms with Gasteiger partial charge in [-0.05, 0) is 5.41 Å². The lowest BCUT2D eigenvalue weighted by molar-refractivity contribution is -0.139. The average Bonchev–Trinajstić information content (AvgIpc) is 2.20. The number of ketones is 1. The zero-order valence-electron chi connectivity index (χ0n) is 10.7. The first-order valence-corrected chi connectivity index (χ1v) is 5.52. The molecule has 0 aliphatic carbocycles. The molecule has 0 aliphatic heterocycles. The third-order valence-corrected chi connectivity index (χ3v) is 2.07. The number of rotatable bonds is 8. The fourth-order valence-electron chi connectivity index (χ4n) is 1.42. The van der Waals surface area contributed by atoms with Gasteiger partial charge in [0.05, 0.1) is 13.0 Å². The summed E-state index contributed by atoms with van der Waals surface area (Å²) in [5.41, 5.74) is -0.629. The number of amides is 1. The van der Waals surface area contributed by atoms with Crippen LogP contribution in [0.4, 0.5) is 4.79 Å². The van der Waals surface area contributed by atoms with Gasteiger partial charge in [-0.3, -0.25) is 9.59 Å². The van der Waals surface area contributed by atoms with E-state index >= 15 is 0 Å². The van der Waals surface area contributed by atoms with Crippen molar-refractivity contribution in [2.75, 3.05) is 13.2 Å². The molecule has 0 radical (unpaired) electrons. The molecule has 0 atom stereocenters. The highest BCUT2D eigenvalue weighted by Crippen LogP contribution is 2.24. The van der Waals surface area contributed by atoms with E-state index in [1.165, 1.54) is 6.08 Å². The van der Waals surface area contributed by atoms with E-state index in [0.29, 0.717) is 0 Å². The molecule has 0 rings (SSSR count). The van der Waals surface area contributed by atoms with E-state index < -0.39 is 17.5 Å². The molecule has 0 saturated carbocycles. The summed E-state index contributed by atoms with van der Waals surface area (Å²) < 4.78 is 4.62. The van der Waals surface area contributed by atoms with Crippen molar-refractivity contribution in [1.29, 1.82) is 0 Å². The van der Waals surface area contributed by atoms with Crippen LogP contribution in [-0.2, 0) is 14.3 Å². The van der Waals surface area contributed by atoms with E-state index in [2.05, 4.69) is 16.6 Å². The zero-order chi connectivity index (χ0) is 14.2. The van der Waals surface area contributed by atoms with Crippen LogP contribution in [0.1, 0.15) is 26.7 Å². The van der Waals surface area contributed by atoms with Gasteiger partial charge < -0.3 is 15.2 Å². The predicted molar refractivity (Wildman–Crippen MR) is 65.2 cm³/mol. The molecule has 0 aromatic rings. The Morgan fingerprint density at radius 3 is 2.44 bits per heavy atom. The molecule has 0 saturated heterocycles. The number of aliphatic carboxylic acids is 1. The van der Waals surface area contributed by atoms with Gasteiger partial charge in [-0.2, -0.15) is 0 Å². The largest absolute Gasteiger partial charge is 0.481 e. The Labute approximate surface area is 106 Å². The second-order valence-corrected chi connectivity index (χ2v) is 4.69. The SMILES string of the molecule is C=CCOC(=O)NCC(=O)CC(C)(C)CC(=O)O. The van der Waals surface area contributed by atoms with Gasteiger partial charge in [-0.15, -0.1) is 0 Å². The Bertz CT molecular complexity index is 335. The Morgan fingerprint density at radius 1 is 1.33 bits per heavy atom. The molecule has 6 nitrogen and oxygen atoms in total. The summed E-state index contributed by atoms with van der Waals surface area (Å²) in [6, 6.07) is 0. The number of carbonyl (C=O) groups excluding carboxylic acids is 2. The number of Topliss-reactive ketones (excluding diaryl/α,β-unsaturated/α-hetero) is 1. The van der Waals surface area contributed by atoms with Crippen LogP contribution in [0, 0.1) is 5.41 Å². The molecular weight excluding hydrogens is 238 g/mol. The standard InChI is InChI=1S/C12H19NO5/c1-4-5-18-11(17)13-8-9(14)6-12(2,3)7-10(15)16/h4H,1,5-8H2,2-3H3,(H,13,17)(H,15,16). The molecule has 0 aromatic carbocycles. The first kappa shape index (κ1) is 16.1. The number of ether oxygens (including phenoxy) is 1. The molecular formula is C12H19NO5.